The smallest absolute Gasteiger partial charge is 0.0223 e. The highest BCUT2D eigenvalue weighted by Crippen LogP contribution is 2.33. The van der Waals surface area contributed by atoms with Crippen molar-refractivity contribution in [1.82, 2.24) is 10.2 Å². The summed E-state index contributed by atoms with van der Waals surface area (Å²) in [6, 6.07) is 0.817. The Kier molecular flexibility index (Phi) is 4.79. The molecule has 1 aliphatic heterocycles. The molecule has 1 atom stereocenters. The average Bonchev–Trinajstić information content (AvgIpc) is 3.09. The molecule has 0 bridgehead atoms. The number of rotatable bonds is 6. The van der Waals surface area contributed by atoms with Gasteiger partial charge in [0.25, 0.3) is 0 Å². The Labute approximate surface area is 98.2 Å². The van der Waals surface area contributed by atoms with Crippen LogP contribution in [-0.2, 0) is 0 Å². The molecule has 2 fully saturated rings. The Balaban J connectivity index is 1.59. The molecular weight excluding hydrogens is 204 g/mol. The van der Waals surface area contributed by atoms with Gasteiger partial charge < -0.3 is 10.2 Å². The quantitative estimate of drug-likeness (QED) is 0.698. The van der Waals surface area contributed by atoms with Crippen molar-refractivity contribution in [3.05, 3.63) is 0 Å². The van der Waals surface area contributed by atoms with E-state index in [1.165, 1.54) is 56.9 Å². The first-order valence-corrected chi connectivity index (χ1v) is 7.59. The molecule has 2 aliphatic rings. The zero-order valence-electron chi connectivity index (χ0n) is 9.87. The third-order valence-corrected chi connectivity index (χ3v) is 4.43. The van der Waals surface area contributed by atoms with Crippen molar-refractivity contribution in [3.8, 4) is 0 Å². The molecule has 1 saturated heterocycles. The third kappa shape index (κ3) is 3.97. The fraction of sp³-hybridized carbons (Fsp3) is 1.00. The van der Waals surface area contributed by atoms with Crippen molar-refractivity contribution in [2.75, 3.05) is 37.7 Å². The molecule has 1 heterocycles. The third-order valence-electron chi connectivity index (χ3n) is 3.45. The van der Waals surface area contributed by atoms with Gasteiger partial charge >= 0.3 is 0 Å². The van der Waals surface area contributed by atoms with Crippen molar-refractivity contribution < 1.29 is 0 Å². The van der Waals surface area contributed by atoms with Crippen LogP contribution in [0.1, 0.15) is 26.2 Å². The number of nitrogens with one attached hydrogen (secondary N) is 1. The number of nitrogens with zero attached hydrogens (tertiary/aromatic N) is 1. The van der Waals surface area contributed by atoms with E-state index in [4.69, 9.17) is 0 Å². The molecular formula is C12H24N2S. The standard InChI is InChI=1S/C12H24N2S/c1-2-15-9-3-7-14-8-6-13-12(10-14)11-4-5-11/h11-13H,2-10H2,1H3. The number of thioether (sulfide) groups is 1. The zero-order chi connectivity index (χ0) is 10.5. The SMILES string of the molecule is CCSCCCN1CCNC(C2CC2)C1. The predicted octanol–water partition coefficient (Wildman–Crippen LogP) is 1.81. The lowest BCUT2D eigenvalue weighted by Gasteiger charge is -2.33. The largest absolute Gasteiger partial charge is 0.311 e. The first-order valence-electron chi connectivity index (χ1n) is 6.43. The molecule has 0 spiro atoms. The normalized spacial score (nSPS) is 28.2. The fourth-order valence-corrected chi connectivity index (χ4v) is 3.02. The Morgan fingerprint density at radius 3 is 3.00 bits per heavy atom. The molecule has 0 aromatic carbocycles. The Morgan fingerprint density at radius 1 is 1.40 bits per heavy atom. The summed E-state index contributed by atoms with van der Waals surface area (Å²) >= 11 is 2.07. The van der Waals surface area contributed by atoms with Gasteiger partial charge in [-0.25, -0.2) is 0 Å². The van der Waals surface area contributed by atoms with E-state index < -0.39 is 0 Å². The van der Waals surface area contributed by atoms with Crippen LogP contribution in [0.5, 0.6) is 0 Å². The molecule has 2 rings (SSSR count). The lowest BCUT2D eigenvalue weighted by Crippen LogP contribution is -2.51. The highest BCUT2D eigenvalue weighted by molar-refractivity contribution is 7.99. The first kappa shape index (κ1) is 11.7. The number of hydrogen-bond donors (Lipinski definition) is 1. The first-order chi connectivity index (χ1) is 7.40. The molecule has 0 aromatic heterocycles. The average molecular weight is 228 g/mol. The van der Waals surface area contributed by atoms with Crippen LogP contribution in [0.2, 0.25) is 0 Å². The lowest BCUT2D eigenvalue weighted by molar-refractivity contribution is 0.189. The zero-order valence-corrected chi connectivity index (χ0v) is 10.7. The van der Waals surface area contributed by atoms with Crippen molar-refractivity contribution in [2.24, 2.45) is 5.92 Å². The van der Waals surface area contributed by atoms with Gasteiger partial charge in [0.05, 0.1) is 0 Å². The summed E-state index contributed by atoms with van der Waals surface area (Å²) < 4.78 is 0. The summed E-state index contributed by atoms with van der Waals surface area (Å²) in [5.74, 6) is 3.62. The maximum absolute atomic E-state index is 3.67. The maximum atomic E-state index is 3.67. The second-order valence-electron chi connectivity index (χ2n) is 4.75. The Bertz CT molecular complexity index is 182. The van der Waals surface area contributed by atoms with E-state index >= 15 is 0 Å². The predicted molar refractivity (Wildman–Crippen MR) is 68.6 cm³/mol. The second kappa shape index (κ2) is 6.12. The van der Waals surface area contributed by atoms with Crippen LogP contribution in [0, 0.1) is 5.92 Å². The molecule has 1 aliphatic carbocycles. The highest BCUT2D eigenvalue weighted by atomic mass is 32.2. The van der Waals surface area contributed by atoms with Crippen LogP contribution < -0.4 is 5.32 Å². The summed E-state index contributed by atoms with van der Waals surface area (Å²) in [4.78, 5) is 2.66. The molecule has 3 heteroatoms. The monoisotopic (exact) mass is 228 g/mol. The van der Waals surface area contributed by atoms with Crippen LogP contribution in [0.15, 0.2) is 0 Å². The van der Waals surface area contributed by atoms with Crippen molar-refractivity contribution in [3.63, 3.8) is 0 Å². The van der Waals surface area contributed by atoms with Crippen LogP contribution in [-0.4, -0.2) is 48.6 Å². The van der Waals surface area contributed by atoms with Gasteiger partial charge in [-0.1, -0.05) is 6.92 Å². The molecule has 1 N–H and O–H groups in total. The fourth-order valence-electron chi connectivity index (χ4n) is 2.39. The van der Waals surface area contributed by atoms with E-state index in [1.807, 2.05) is 0 Å². The minimum absolute atomic E-state index is 0.817. The molecule has 15 heavy (non-hydrogen) atoms. The second-order valence-corrected chi connectivity index (χ2v) is 6.14. The highest BCUT2D eigenvalue weighted by Gasteiger charge is 2.33. The van der Waals surface area contributed by atoms with Gasteiger partial charge in [-0.2, -0.15) is 11.8 Å². The van der Waals surface area contributed by atoms with Gasteiger partial charge in [-0.05, 0) is 43.2 Å². The van der Waals surface area contributed by atoms with Crippen LogP contribution >= 0.6 is 11.8 Å². The van der Waals surface area contributed by atoms with Gasteiger partial charge in [-0.15, -0.1) is 0 Å². The summed E-state index contributed by atoms with van der Waals surface area (Å²) in [7, 11) is 0. The van der Waals surface area contributed by atoms with E-state index in [-0.39, 0.29) is 0 Å². The van der Waals surface area contributed by atoms with Crippen LogP contribution in [0.4, 0.5) is 0 Å². The van der Waals surface area contributed by atoms with Gasteiger partial charge in [0.2, 0.25) is 0 Å². The summed E-state index contributed by atoms with van der Waals surface area (Å²) in [6.07, 6.45) is 4.31. The minimum Gasteiger partial charge on any atom is -0.311 e. The molecule has 88 valence electrons. The van der Waals surface area contributed by atoms with Gasteiger partial charge in [0.1, 0.15) is 0 Å². The lowest BCUT2D eigenvalue weighted by atomic mass is 10.1. The van der Waals surface area contributed by atoms with E-state index in [1.54, 1.807) is 0 Å². The van der Waals surface area contributed by atoms with E-state index in [2.05, 4.69) is 28.9 Å². The maximum Gasteiger partial charge on any atom is 0.0223 e. The number of hydrogen-bond acceptors (Lipinski definition) is 3. The van der Waals surface area contributed by atoms with Crippen molar-refractivity contribution >= 4 is 11.8 Å². The molecule has 0 radical (unpaired) electrons. The van der Waals surface area contributed by atoms with Crippen molar-refractivity contribution in [2.45, 2.75) is 32.2 Å². The summed E-state index contributed by atoms with van der Waals surface area (Å²) in [5, 5.41) is 3.67. The summed E-state index contributed by atoms with van der Waals surface area (Å²) in [6.45, 7) is 7.35. The number of piperazine rings is 1. The summed E-state index contributed by atoms with van der Waals surface area (Å²) in [5.41, 5.74) is 0. The van der Waals surface area contributed by atoms with E-state index in [9.17, 15) is 0 Å². The van der Waals surface area contributed by atoms with E-state index in [0.717, 1.165) is 12.0 Å². The molecule has 1 unspecified atom stereocenters. The van der Waals surface area contributed by atoms with E-state index in [0.29, 0.717) is 0 Å². The Hall–Kier alpha value is 0.270. The minimum atomic E-state index is 0.817. The van der Waals surface area contributed by atoms with Gasteiger partial charge in [0, 0.05) is 25.7 Å². The van der Waals surface area contributed by atoms with Crippen molar-refractivity contribution in [1.29, 1.82) is 0 Å². The van der Waals surface area contributed by atoms with Crippen LogP contribution in [0.3, 0.4) is 0 Å². The Morgan fingerprint density at radius 2 is 2.27 bits per heavy atom. The molecule has 0 aromatic rings. The topological polar surface area (TPSA) is 15.3 Å². The van der Waals surface area contributed by atoms with Crippen LogP contribution in [0.25, 0.3) is 0 Å². The molecule has 0 amide bonds. The van der Waals surface area contributed by atoms with Gasteiger partial charge in [0.15, 0.2) is 0 Å². The van der Waals surface area contributed by atoms with Gasteiger partial charge in [-0.3, -0.25) is 0 Å². The molecule has 2 nitrogen and oxygen atoms in total. The molecule has 1 saturated carbocycles.